The molecule has 8 heteroatoms. The molecule has 1 amide bonds. The van der Waals surface area contributed by atoms with Crippen LogP contribution in [0.1, 0.15) is 13.8 Å². The molecule has 7 nitrogen and oxygen atoms in total. The van der Waals surface area contributed by atoms with Gasteiger partial charge in [-0.3, -0.25) is 14.2 Å². The summed E-state index contributed by atoms with van der Waals surface area (Å²) in [6.07, 6.45) is 0. The van der Waals surface area contributed by atoms with Gasteiger partial charge in [0.15, 0.2) is 5.16 Å². The number of hydrogen-bond acceptors (Lipinski definition) is 6. The predicted octanol–water partition coefficient (Wildman–Crippen LogP) is 3.55. The van der Waals surface area contributed by atoms with Crippen LogP contribution in [0.25, 0.3) is 10.9 Å². The van der Waals surface area contributed by atoms with Gasteiger partial charge in [0.1, 0.15) is 11.5 Å². The molecule has 0 fully saturated rings. The second kappa shape index (κ2) is 9.00. The zero-order valence-corrected chi connectivity index (χ0v) is 17.6. The lowest BCUT2D eigenvalue weighted by atomic mass is 10.2. The molecule has 3 rings (SSSR count). The molecule has 1 unspecified atom stereocenters. The number of amides is 1. The van der Waals surface area contributed by atoms with Crippen molar-refractivity contribution in [3.05, 3.63) is 52.8 Å². The van der Waals surface area contributed by atoms with E-state index in [1.165, 1.54) is 18.9 Å². The average molecular weight is 413 g/mol. The minimum Gasteiger partial charge on any atom is -0.497 e. The van der Waals surface area contributed by atoms with E-state index in [9.17, 15) is 9.59 Å². The van der Waals surface area contributed by atoms with Crippen LogP contribution in [0.2, 0.25) is 0 Å². The molecule has 0 saturated heterocycles. The van der Waals surface area contributed by atoms with Crippen LogP contribution in [0, 0.1) is 0 Å². The van der Waals surface area contributed by atoms with E-state index in [-0.39, 0.29) is 11.5 Å². The largest absolute Gasteiger partial charge is 0.497 e. The minimum absolute atomic E-state index is 0.109. The van der Waals surface area contributed by atoms with Gasteiger partial charge in [-0.25, -0.2) is 4.98 Å². The number of carbonyl (C=O) groups excluding carboxylic acids is 1. The molecule has 2 aromatic carbocycles. The molecule has 0 aliphatic rings. The van der Waals surface area contributed by atoms with Crippen LogP contribution in [-0.4, -0.2) is 34.9 Å². The molecule has 3 aromatic rings. The van der Waals surface area contributed by atoms with Crippen LogP contribution >= 0.6 is 11.8 Å². The average Bonchev–Trinajstić information content (AvgIpc) is 2.73. The third kappa shape index (κ3) is 4.37. The van der Waals surface area contributed by atoms with E-state index in [4.69, 9.17) is 9.47 Å². The Balaban J connectivity index is 1.86. The summed E-state index contributed by atoms with van der Waals surface area (Å²) >= 11 is 1.24. The molecule has 0 aliphatic heterocycles. The zero-order chi connectivity index (χ0) is 21.0. The molecule has 0 radical (unpaired) electrons. The topological polar surface area (TPSA) is 82.5 Å². The Morgan fingerprint density at radius 1 is 1.21 bits per heavy atom. The van der Waals surface area contributed by atoms with Crippen LogP contribution < -0.4 is 20.3 Å². The Kier molecular flexibility index (Phi) is 6.43. The molecule has 0 spiro atoms. The van der Waals surface area contributed by atoms with Crippen molar-refractivity contribution in [1.29, 1.82) is 0 Å². The summed E-state index contributed by atoms with van der Waals surface area (Å²) in [5, 5.41) is 3.45. The Hall–Kier alpha value is -3.00. The van der Waals surface area contributed by atoms with Gasteiger partial charge in [0, 0.05) is 12.6 Å². The number of para-hydroxylation sites is 1. The van der Waals surface area contributed by atoms with Gasteiger partial charge in [-0.15, -0.1) is 0 Å². The number of rotatable bonds is 7. The lowest BCUT2D eigenvalue weighted by Crippen LogP contribution is -2.26. The summed E-state index contributed by atoms with van der Waals surface area (Å²) in [4.78, 5) is 30.1. The Morgan fingerprint density at radius 3 is 2.66 bits per heavy atom. The summed E-state index contributed by atoms with van der Waals surface area (Å²) in [6, 6.07) is 12.4. The number of nitrogens with zero attached hydrogens (tertiary/aromatic N) is 2. The second-order valence-corrected chi connectivity index (χ2v) is 7.58. The van der Waals surface area contributed by atoms with E-state index in [1.54, 1.807) is 48.9 Å². The van der Waals surface area contributed by atoms with Crippen molar-refractivity contribution in [2.45, 2.75) is 30.8 Å². The van der Waals surface area contributed by atoms with E-state index in [0.29, 0.717) is 39.8 Å². The number of aromatic nitrogens is 2. The third-order valence-electron chi connectivity index (χ3n) is 4.46. The number of methoxy groups -OCH3 is 2. The van der Waals surface area contributed by atoms with E-state index in [2.05, 4.69) is 10.3 Å². The van der Waals surface area contributed by atoms with Crippen LogP contribution in [-0.2, 0) is 11.3 Å². The summed E-state index contributed by atoms with van der Waals surface area (Å²) in [7, 11) is 3.09. The Bertz CT molecular complexity index is 1100. The molecule has 1 aromatic heterocycles. The number of nitrogens with one attached hydrogen (secondary N) is 1. The molecule has 29 heavy (non-hydrogen) atoms. The molecular weight excluding hydrogens is 390 g/mol. The lowest BCUT2D eigenvalue weighted by Gasteiger charge is -2.17. The van der Waals surface area contributed by atoms with E-state index < -0.39 is 5.25 Å². The smallest absolute Gasteiger partial charge is 0.262 e. The van der Waals surface area contributed by atoms with Gasteiger partial charge in [-0.1, -0.05) is 23.9 Å². The Morgan fingerprint density at radius 2 is 1.97 bits per heavy atom. The highest BCUT2D eigenvalue weighted by Crippen LogP contribution is 2.30. The standard InChI is InChI=1S/C21H23N3O4S/c1-5-24-20(26)15-8-6-7-9-16(15)23-21(24)29-13(2)19(25)22-17-12-14(27-3)10-11-18(17)28-4/h6-13H,5H2,1-4H3,(H,22,25). The van der Waals surface area contributed by atoms with E-state index in [0.717, 1.165) is 0 Å². The van der Waals surface area contributed by atoms with Gasteiger partial charge in [-0.2, -0.15) is 0 Å². The highest BCUT2D eigenvalue weighted by Gasteiger charge is 2.20. The molecule has 1 atom stereocenters. The fourth-order valence-electron chi connectivity index (χ4n) is 2.87. The van der Waals surface area contributed by atoms with Gasteiger partial charge < -0.3 is 14.8 Å². The first kappa shape index (κ1) is 20.7. The number of ether oxygens (including phenoxy) is 2. The van der Waals surface area contributed by atoms with Crippen molar-refractivity contribution < 1.29 is 14.3 Å². The quantitative estimate of drug-likeness (QED) is 0.471. The molecule has 0 saturated carbocycles. The van der Waals surface area contributed by atoms with Gasteiger partial charge in [-0.05, 0) is 38.1 Å². The van der Waals surface area contributed by atoms with E-state index >= 15 is 0 Å². The Labute approximate surface area is 173 Å². The summed E-state index contributed by atoms with van der Waals surface area (Å²) in [5.41, 5.74) is 1.03. The van der Waals surface area contributed by atoms with Crippen molar-refractivity contribution in [3.8, 4) is 11.5 Å². The SMILES string of the molecule is CCn1c(SC(C)C(=O)Nc2cc(OC)ccc2OC)nc2ccccc2c1=O. The zero-order valence-electron chi connectivity index (χ0n) is 16.8. The number of hydrogen-bond donors (Lipinski definition) is 1. The third-order valence-corrected chi connectivity index (χ3v) is 5.55. The van der Waals surface area contributed by atoms with Gasteiger partial charge in [0.2, 0.25) is 5.91 Å². The van der Waals surface area contributed by atoms with Crippen molar-refractivity contribution in [2.24, 2.45) is 0 Å². The van der Waals surface area contributed by atoms with Crippen LogP contribution in [0.15, 0.2) is 52.4 Å². The van der Waals surface area contributed by atoms with Crippen LogP contribution in [0.4, 0.5) is 5.69 Å². The molecule has 1 heterocycles. The predicted molar refractivity (Wildman–Crippen MR) is 115 cm³/mol. The number of benzene rings is 2. The molecule has 1 N–H and O–H groups in total. The number of carbonyl (C=O) groups is 1. The highest BCUT2D eigenvalue weighted by atomic mass is 32.2. The van der Waals surface area contributed by atoms with Crippen molar-refractivity contribution in [1.82, 2.24) is 9.55 Å². The lowest BCUT2D eigenvalue weighted by molar-refractivity contribution is -0.115. The van der Waals surface area contributed by atoms with Crippen LogP contribution in [0.5, 0.6) is 11.5 Å². The van der Waals surface area contributed by atoms with Crippen molar-refractivity contribution in [3.63, 3.8) is 0 Å². The van der Waals surface area contributed by atoms with Crippen molar-refractivity contribution in [2.75, 3.05) is 19.5 Å². The first-order valence-corrected chi connectivity index (χ1v) is 10.1. The monoisotopic (exact) mass is 413 g/mol. The minimum atomic E-state index is -0.489. The van der Waals surface area contributed by atoms with Gasteiger partial charge in [0.25, 0.3) is 5.56 Å². The van der Waals surface area contributed by atoms with Gasteiger partial charge in [0.05, 0.1) is 36.1 Å². The van der Waals surface area contributed by atoms with Gasteiger partial charge >= 0.3 is 0 Å². The first-order valence-electron chi connectivity index (χ1n) is 9.17. The number of fused-ring (bicyclic) bond motifs is 1. The maximum Gasteiger partial charge on any atom is 0.262 e. The number of thioether (sulfide) groups is 1. The molecular formula is C21H23N3O4S. The van der Waals surface area contributed by atoms with E-state index in [1.807, 2.05) is 19.1 Å². The molecule has 152 valence electrons. The second-order valence-electron chi connectivity index (χ2n) is 6.28. The summed E-state index contributed by atoms with van der Waals surface area (Å²) < 4.78 is 12.1. The fourth-order valence-corrected chi connectivity index (χ4v) is 3.85. The van der Waals surface area contributed by atoms with Crippen molar-refractivity contribution >= 4 is 34.3 Å². The maximum absolute atomic E-state index is 12.8. The first-order chi connectivity index (χ1) is 14.0. The normalized spacial score (nSPS) is 11.9. The fraction of sp³-hybridized carbons (Fsp3) is 0.286. The maximum atomic E-state index is 12.8. The molecule has 0 aliphatic carbocycles. The summed E-state index contributed by atoms with van der Waals surface area (Å²) in [6.45, 7) is 4.12. The number of anilines is 1. The summed E-state index contributed by atoms with van der Waals surface area (Å²) in [5.74, 6) is 0.912. The van der Waals surface area contributed by atoms with Crippen LogP contribution in [0.3, 0.4) is 0 Å². The highest BCUT2D eigenvalue weighted by molar-refractivity contribution is 8.00. The molecule has 0 bridgehead atoms.